The summed E-state index contributed by atoms with van der Waals surface area (Å²) in [6.07, 6.45) is 1.14. The van der Waals surface area contributed by atoms with Crippen molar-refractivity contribution in [2.45, 2.75) is 25.2 Å². The molecular formula is C15H22N2O3S. The van der Waals surface area contributed by atoms with Gasteiger partial charge < -0.3 is 4.90 Å². The van der Waals surface area contributed by atoms with Gasteiger partial charge in [0.15, 0.2) is 0 Å². The Balaban J connectivity index is 2.17. The van der Waals surface area contributed by atoms with E-state index in [0.29, 0.717) is 17.4 Å². The number of carbonyl (C=O) groups excluding carboxylic acids is 1. The topological polar surface area (TPSA) is 66.5 Å². The Bertz CT molecular complexity index is 600. The first-order valence-corrected chi connectivity index (χ1v) is 8.64. The van der Waals surface area contributed by atoms with Gasteiger partial charge in [-0.15, -0.1) is 0 Å². The number of likely N-dealkylation sites (tertiary alicyclic amines) is 1. The molecule has 0 spiro atoms. The monoisotopic (exact) mass is 310 g/mol. The van der Waals surface area contributed by atoms with Crippen LogP contribution in [0.1, 0.15) is 30.6 Å². The molecular weight excluding hydrogens is 288 g/mol. The fourth-order valence-corrected chi connectivity index (χ4v) is 3.64. The summed E-state index contributed by atoms with van der Waals surface area (Å²) in [6, 6.07) is 6.10. The average Bonchev–Trinajstić information content (AvgIpc) is 2.45. The van der Waals surface area contributed by atoms with E-state index in [1.165, 1.54) is 19.2 Å². The zero-order valence-corrected chi connectivity index (χ0v) is 13.5. The van der Waals surface area contributed by atoms with Crippen molar-refractivity contribution in [2.24, 2.45) is 11.8 Å². The Hall–Kier alpha value is -1.40. The molecule has 0 aromatic heterocycles. The lowest BCUT2D eigenvalue weighted by Crippen LogP contribution is -2.42. The van der Waals surface area contributed by atoms with Crippen LogP contribution in [0.25, 0.3) is 0 Å². The summed E-state index contributed by atoms with van der Waals surface area (Å²) in [4.78, 5) is 14.5. The highest BCUT2D eigenvalue weighted by Crippen LogP contribution is 2.22. The number of carbonyl (C=O) groups is 1. The maximum absolute atomic E-state index is 12.5. The fourth-order valence-electron chi connectivity index (χ4n) is 2.91. The number of sulfonamides is 1. The number of nitrogens with zero attached hydrogens (tertiary/aromatic N) is 1. The molecule has 0 saturated carbocycles. The average molecular weight is 310 g/mol. The van der Waals surface area contributed by atoms with E-state index in [4.69, 9.17) is 0 Å². The minimum Gasteiger partial charge on any atom is -0.338 e. The van der Waals surface area contributed by atoms with Crippen LogP contribution in [0, 0.1) is 11.8 Å². The predicted molar refractivity (Wildman–Crippen MR) is 81.5 cm³/mol. The van der Waals surface area contributed by atoms with Crippen molar-refractivity contribution in [1.82, 2.24) is 9.62 Å². The van der Waals surface area contributed by atoms with Gasteiger partial charge in [-0.05, 0) is 49.6 Å². The summed E-state index contributed by atoms with van der Waals surface area (Å²) >= 11 is 0. The molecule has 2 atom stereocenters. The van der Waals surface area contributed by atoms with Gasteiger partial charge in [0, 0.05) is 18.7 Å². The number of piperidine rings is 1. The first-order valence-electron chi connectivity index (χ1n) is 7.16. The van der Waals surface area contributed by atoms with Crippen molar-refractivity contribution in [3.05, 3.63) is 29.8 Å². The normalized spacial score (nSPS) is 23.1. The second-order valence-electron chi connectivity index (χ2n) is 5.89. The van der Waals surface area contributed by atoms with E-state index < -0.39 is 10.0 Å². The van der Waals surface area contributed by atoms with Crippen molar-refractivity contribution in [3.8, 4) is 0 Å². The highest BCUT2D eigenvalue weighted by Gasteiger charge is 2.26. The Labute approximate surface area is 126 Å². The molecule has 1 aromatic rings. The highest BCUT2D eigenvalue weighted by atomic mass is 32.2. The molecule has 1 heterocycles. The molecule has 0 aliphatic carbocycles. The maximum Gasteiger partial charge on any atom is 0.253 e. The number of rotatable bonds is 3. The molecule has 5 nitrogen and oxygen atoms in total. The van der Waals surface area contributed by atoms with Crippen LogP contribution in [-0.2, 0) is 10.0 Å². The standard InChI is InChI=1S/C15H22N2O3S/c1-11-8-12(2)10-17(9-11)15(18)13-4-6-14(7-5-13)21(19,20)16-3/h4-7,11-12,16H,8-10H2,1-3H3. The van der Waals surface area contributed by atoms with Crippen LogP contribution in [-0.4, -0.2) is 39.4 Å². The molecule has 1 fully saturated rings. The molecule has 1 saturated heterocycles. The van der Waals surface area contributed by atoms with Gasteiger partial charge in [0.2, 0.25) is 10.0 Å². The summed E-state index contributed by atoms with van der Waals surface area (Å²) in [5.41, 5.74) is 0.534. The van der Waals surface area contributed by atoms with Crippen LogP contribution in [0.2, 0.25) is 0 Å². The smallest absolute Gasteiger partial charge is 0.253 e. The fraction of sp³-hybridized carbons (Fsp3) is 0.533. The molecule has 1 aliphatic heterocycles. The molecule has 0 bridgehead atoms. The molecule has 1 N–H and O–H groups in total. The Morgan fingerprint density at radius 3 is 2.14 bits per heavy atom. The number of hydrogen-bond donors (Lipinski definition) is 1. The third-order valence-electron chi connectivity index (χ3n) is 3.84. The van der Waals surface area contributed by atoms with Gasteiger partial charge in [0.1, 0.15) is 0 Å². The minimum atomic E-state index is -3.46. The van der Waals surface area contributed by atoms with Crippen molar-refractivity contribution < 1.29 is 13.2 Å². The summed E-state index contributed by atoms with van der Waals surface area (Å²) in [6.45, 7) is 5.83. The zero-order chi connectivity index (χ0) is 15.6. The molecule has 2 rings (SSSR count). The molecule has 2 unspecified atom stereocenters. The third kappa shape index (κ3) is 3.63. The second kappa shape index (κ2) is 6.15. The van der Waals surface area contributed by atoms with Crippen LogP contribution < -0.4 is 4.72 Å². The van der Waals surface area contributed by atoms with Gasteiger partial charge in [-0.2, -0.15) is 0 Å². The molecule has 0 radical (unpaired) electrons. The molecule has 6 heteroatoms. The van der Waals surface area contributed by atoms with Gasteiger partial charge in [0.05, 0.1) is 4.90 Å². The largest absolute Gasteiger partial charge is 0.338 e. The van der Waals surface area contributed by atoms with Crippen molar-refractivity contribution >= 4 is 15.9 Å². The summed E-state index contributed by atoms with van der Waals surface area (Å²) in [5.74, 6) is 0.977. The summed E-state index contributed by atoms with van der Waals surface area (Å²) < 4.78 is 25.6. The molecule has 21 heavy (non-hydrogen) atoms. The van der Waals surface area contributed by atoms with E-state index in [2.05, 4.69) is 18.6 Å². The van der Waals surface area contributed by atoms with E-state index in [0.717, 1.165) is 19.5 Å². The van der Waals surface area contributed by atoms with Crippen LogP contribution >= 0.6 is 0 Å². The summed E-state index contributed by atoms with van der Waals surface area (Å²) in [7, 11) is -2.09. The van der Waals surface area contributed by atoms with Crippen LogP contribution in [0.3, 0.4) is 0 Å². The van der Waals surface area contributed by atoms with E-state index in [1.54, 1.807) is 12.1 Å². The lowest BCUT2D eigenvalue weighted by Gasteiger charge is -2.35. The van der Waals surface area contributed by atoms with E-state index in [-0.39, 0.29) is 10.8 Å². The van der Waals surface area contributed by atoms with Crippen molar-refractivity contribution in [3.63, 3.8) is 0 Å². The van der Waals surface area contributed by atoms with Gasteiger partial charge in [-0.1, -0.05) is 13.8 Å². The van der Waals surface area contributed by atoms with Gasteiger partial charge >= 0.3 is 0 Å². The minimum absolute atomic E-state index is 0.0261. The summed E-state index contributed by atoms with van der Waals surface area (Å²) in [5, 5.41) is 0. The molecule has 1 aliphatic rings. The Morgan fingerprint density at radius 2 is 1.67 bits per heavy atom. The van der Waals surface area contributed by atoms with Gasteiger partial charge in [-0.3, -0.25) is 4.79 Å². The molecule has 1 amide bonds. The van der Waals surface area contributed by atoms with E-state index >= 15 is 0 Å². The van der Waals surface area contributed by atoms with Gasteiger partial charge in [0.25, 0.3) is 5.91 Å². The van der Waals surface area contributed by atoms with Crippen molar-refractivity contribution in [2.75, 3.05) is 20.1 Å². The second-order valence-corrected chi connectivity index (χ2v) is 7.77. The number of amides is 1. The lowest BCUT2D eigenvalue weighted by atomic mass is 9.91. The third-order valence-corrected chi connectivity index (χ3v) is 5.27. The molecule has 116 valence electrons. The lowest BCUT2D eigenvalue weighted by molar-refractivity contribution is 0.0623. The Kier molecular flexibility index (Phi) is 4.68. The van der Waals surface area contributed by atoms with E-state index in [1.807, 2.05) is 4.90 Å². The van der Waals surface area contributed by atoms with Crippen LogP contribution in [0.15, 0.2) is 29.2 Å². The Morgan fingerprint density at radius 1 is 1.14 bits per heavy atom. The predicted octanol–water partition coefficient (Wildman–Crippen LogP) is 1.71. The highest BCUT2D eigenvalue weighted by molar-refractivity contribution is 7.89. The molecule has 1 aromatic carbocycles. The maximum atomic E-state index is 12.5. The number of hydrogen-bond acceptors (Lipinski definition) is 3. The SMILES string of the molecule is CNS(=O)(=O)c1ccc(C(=O)N2CC(C)CC(C)C2)cc1. The van der Waals surface area contributed by atoms with E-state index in [9.17, 15) is 13.2 Å². The van der Waals surface area contributed by atoms with Crippen LogP contribution in [0.4, 0.5) is 0 Å². The quantitative estimate of drug-likeness (QED) is 0.924. The number of benzene rings is 1. The number of nitrogens with one attached hydrogen (secondary N) is 1. The van der Waals surface area contributed by atoms with Crippen LogP contribution in [0.5, 0.6) is 0 Å². The first kappa shape index (κ1) is 16.0. The van der Waals surface area contributed by atoms with Crippen molar-refractivity contribution in [1.29, 1.82) is 0 Å². The van der Waals surface area contributed by atoms with Gasteiger partial charge in [-0.25, -0.2) is 13.1 Å². The zero-order valence-electron chi connectivity index (χ0n) is 12.7. The first-order chi connectivity index (χ1) is 9.83.